The topological polar surface area (TPSA) is 3.24 Å². The van der Waals surface area contributed by atoms with E-state index < -0.39 is 0 Å². The molecule has 78 valence electrons. The lowest BCUT2D eigenvalue weighted by Gasteiger charge is -2.24. The maximum Gasteiger partial charge on any atom is 0.103 e. The summed E-state index contributed by atoms with van der Waals surface area (Å²) in [7, 11) is 0. The first-order valence-corrected chi connectivity index (χ1v) is 6.53. The fourth-order valence-corrected chi connectivity index (χ4v) is 3.98. The van der Waals surface area contributed by atoms with Crippen LogP contribution in [0.2, 0.25) is 0 Å². The first-order chi connectivity index (χ1) is 7.36. The van der Waals surface area contributed by atoms with Crippen LogP contribution in [0.1, 0.15) is 23.8 Å². The molecule has 3 rings (SSSR count). The molecule has 1 fully saturated rings. The van der Waals surface area contributed by atoms with Crippen molar-refractivity contribution in [3.8, 4) is 0 Å². The Labute approximate surface area is 100.0 Å². The monoisotopic (exact) mass is 234 g/mol. The zero-order valence-corrected chi connectivity index (χ0v) is 9.98. The number of fused-ring (bicyclic) bond motifs is 1. The van der Waals surface area contributed by atoms with E-state index in [1.807, 2.05) is 11.8 Å². The van der Waals surface area contributed by atoms with Gasteiger partial charge in [-0.15, -0.1) is 16.0 Å². The van der Waals surface area contributed by atoms with Crippen LogP contribution in [0.3, 0.4) is 0 Å². The third-order valence-electron chi connectivity index (χ3n) is 2.98. The summed E-state index contributed by atoms with van der Waals surface area (Å²) in [5.74, 6) is 0. The first-order valence-electron chi connectivity index (χ1n) is 5.24. The molecule has 0 radical (unpaired) electrons. The van der Waals surface area contributed by atoms with Crippen LogP contribution in [0.4, 0.5) is 0 Å². The molecule has 0 spiro atoms. The van der Waals surface area contributed by atoms with Crippen LogP contribution in [-0.4, -0.2) is 11.4 Å². The fraction of sp³-hybridized carbons (Fsp3) is 0.333. The van der Waals surface area contributed by atoms with Gasteiger partial charge in [0.05, 0.1) is 0 Å². The molecule has 1 saturated heterocycles. The summed E-state index contributed by atoms with van der Waals surface area (Å²) in [4.78, 5) is 2.47. The smallest absolute Gasteiger partial charge is 0.103 e. The van der Waals surface area contributed by atoms with E-state index in [9.17, 15) is 0 Å². The van der Waals surface area contributed by atoms with Crippen molar-refractivity contribution in [2.75, 3.05) is 6.54 Å². The van der Waals surface area contributed by atoms with Crippen molar-refractivity contribution in [3.63, 3.8) is 0 Å². The Morgan fingerprint density at radius 3 is 2.87 bits per heavy atom. The van der Waals surface area contributed by atoms with Crippen molar-refractivity contribution < 1.29 is 0 Å². The molecule has 1 nitrogen and oxygen atoms in total. The Hall–Kier alpha value is -0.670. The summed E-state index contributed by atoms with van der Waals surface area (Å²) >= 11 is 7.25. The van der Waals surface area contributed by atoms with Crippen LogP contribution < -0.4 is 0 Å². The standard InChI is InChI=1S/C12H13NS2/c14-12-10-7-4-8-13(10)11(15-12)9-5-2-1-3-6-9/h1-3,5-6,11,14H,4,7-8H2/p-1. The Morgan fingerprint density at radius 1 is 1.27 bits per heavy atom. The molecule has 0 amide bonds. The van der Waals surface area contributed by atoms with Crippen LogP contribution in [0, 0.1) is 0 Å². The van der Waals surface area contributed by atoms with Crippen molar-refractivity contribution in [3.05, 3.63) is 45.8 Å². The molecule has 2 heterocycles. The number of rotatable bonds is 1. The molecule has 1 atom stereocenters. The minimum atomic E-state index is 0.441. The van der Waals surface area contributed by atoms with Gasteiger partial charge in [0.1, 0.15) is 5.37 Å². The van der Waals surface area contributed by atoms with E-state index >= 15 is 0 Å². The molecule has 15 heavy (non-hydrogen) atoms. The Bertz CT molecular complexity index is 399. The highest BCUT2D eigenvalue weighted by atomic mass is 32.2. The zero-order valence-electron chi connectivity index (χ0n) is 8.35. The zero-order chi connectivity index (χ0) is 10.3. The minimum absolute atomic E-state index is 0.441. The van der Waals surface area contributed by atoms with E-state index in [2.05, 4.69) is 35.2 Å². The quantitative estimate of drug-likeness (QED) is 0.687. The third kappa shape index (κ3) is 1.54. The number of thioether (sulfide) groups is 1. The summed E-state index contributed by atoms with van der Waals surface area (Å²) < 4.78 is 1.11. The van der Waals surface area contributed by atoms with E-state index in [1.165, 1.54) is 30.6 Å². The van der Waals surface area contributed by atoms with Gasteiger partial charge in [-0.05, 0) is 18.4 Å². The van der Waals surface area contributed by atoms with E-state index in [-0.39, 0.29) is 0 Å². The number of hydrogen-bond donors (Lipinski definition) is 0. The molecule has 1 aromatic rings. The van der Waals surface area contributed by atoms with Gasteiger partial charge in [-0.25, -0.2) is 0 Å². The van der Waals surface area contributed by atoms with Gasteiger partial charge in [0.15, 0.2) is 0 Å². The molecule has 3 heteroatoms. The highest BCUT2D eigenvalue weighted by Crippen LogP contribution is 2.50. The average molecular weight is 234 g/mol. The largest absolute Gasteiger partial charge is 0.771 e. The predicted molar refractivity (Wildman–Crippen MR) is 67.1 cm³/mol. The second-order valence-corrected chi connectivity index (χ2v) is 5.67. The normalized spacial score (nSPS) is 24.8. The van der Waals surface area contributed by atoms with Crippen molar-refractivity contribution in [2.45, 2.75) is 18.2 Å². The summed E-state index contributed by atoms with van der Waals surface area (Å²) in [6, 6.07) is 10.7. The Morgan fingerprint density at radius 2 is 2.07 bits per heavy atom. The molecule has 0 aromatic heterocycles. The van der Waals surface area contributed by atoms with Gasteiger partial charge in [0.2, 0.25) is 0 Å². The second-order valence-electron chi connectivity index (χ2n) is 3.91. The van der Waals surface area contributed by atoms with Crippen LogP contribution in [0.5, 0.6) is 0 Å². The van der Waals surface area contributed by atoms with Crippen LogP contribution >= 0.6 is 11.8 Å². The van der Waals surface area contributed by atoms with E-state index in [4.69, 9.17) is 12.6 Å². The number of benzene rings is 1. The van der Waals surface area contributed by atoms with Gasteiger partial charge in [-0.1, -0.05) is 30.3 Å². The van der Waals surface area contributed by atoms with E-state index in [0.29, 0.717) is 5.37 Å². The molecule has 0 aliphatic carbocycles. The minimum Gasteiger partial charge on any atom is -0.771 e. The Kier molecular flexibility index (Phi) is 2.37. The van der Waals surface area contributed by atoms with Crippen molar-refractivity contribution in [2.24, 2.45) is 0 Å². The molecule has 1 unspecified atom stereocenters. The highest BCUT2D eigenvalue weighted by Gasteiger charge is 2.31. The van der Waals surface area contributed by atoms with Crippen molar-refractivity contribution in [1.29, 1.82) is 0 Å². The maximum absolute atomic E-state index is 5.42. The fourth-order valence-electron chi connectivity index (χ4n) is 2.27. The van der Waals surface area contributed by atoms with Crippen molar-refractivity contribution >= 4 is 24.4 Å². The Balaban J connectivity index is 1.93. The SMILES string of the molecule is [S-]C1=C2CCCN2C(c2ccccc2)S1. The lowest BCUT2D eigenvalue weighted by atomic mass is 10.2. The molecule has 2 aliphatic heterocycles. The summed E-state index contributed by atoms with van der Waals surface area (Å²) in [6.07, 6.45) is 2.44. The molecular formula is C12H12NS2-. The number of allylic oxidation sites excluding steroid dienone is 1. The molecular weight excluding hydrogens is 222 g/mol. The summed E-state index contributed by atoms with van der Waals surface area (Å²) in [5.41, 5.74) is 2.78. The molecule has 0 bridgehead atoms. The van der Waals surface area contributed by atoms with Gasteiger partial charge in [0.25, 0.3) is 0 Å². The lowest BCUT2D eigenvalue weighted by Crippen LogP contribution is -2.17. The molecule has 1 aromatic carbocycles. The predicted octanol–water partition coefficient (Wildman–Crippen LogP) is 3.24. The molecule has 2 aliphatic rings. The van der Waals surface area contributed by atoms with Gasteiger partial charge in [-0.2, -0.15) is 0 Å². The third-order valence-corrected chi connectivity index (χ3v) is 4.71. The first kappa shape index (κ1) is 9.55. The van der Waals surface area contributed by atoms with Gasteiger partial charge >= 0.3 is 0 Å². The second kappa shape index (κ2) is 3.72. The van der Waals surface area contributed by atoms with E-state index in [0.717, 1.165) is 4.24 Å². The lowest BCUT2D eigenvalue weighted by molar-refractivity contribution is 0.385. The van der Waals surface area contributed by atoms with E-state index in [1.54, 1.807) is 0 Å². The number of hydrogen-bond acceptors (Lipinski definition) is 3. The van der Waals surface area contributed by atoms with Gasteiger partial charge in [-0.3, -0.25) is 0 Å². The van der Waals surface area contributed by atoms with Crippen molar-refractivity contribution in [1.82, 2.24) is 4.90 Å². The van der Waals surface area contributed by atoms with Crippen LogP contribution in [-0.2, 0) is 12.6 Å². The maximum atomic E-state index is 5.42. The molecule has 0 saturated carbocycles. The van der Waals surface area contributed by atoms with Crippen LogP contribution in [0.15, 0.2) is 40.3 Å². The van der Waals surface area contributed by atoms with Crippen LogP contribution in [0.25, 0.3) is 0 Å². The average Bonchev–Trinajstić information content (AvgIpc) is 2.84. The number of nitrogens with zero attached hydrogens (tertiary/aromatic N) is 1. The molecule has 0 N–H and O–H groups in total. The summed E-state index contributed by atoms with van der Waals surface area (Å²) in [6.45, 7) is 1.17. The van der Waals surface area contributed by atoms with Gasteiger partial charge in [0, 0.05) is 12.2 Å². The summed E-state index contributed by atoms with van der Waals surface area (Å²) in [5, 5.41) is 0.441. The van der Waals surface area contributed by atoms with Gasteiger partial charge < -0.3 is 17.5 Å². The highest BCUT2D eigenvalue weighted by molar-refractivity contribution is 8.11.